The Morgan fingerprint density at radius 2 is 2.37 bits per heavy atom. The van der Waals surface area contributed by atoms with Crippen molar-refractivity contribution >= 4 is 16.9 Å². The van der Waals surface area contributed by atoms with E-state index in [1.54, 1.807) is 25.2 Å². The zero-order valence-electron chi connectivity index (χ0n) is 10.8. The summed E-state index contributed by atoms with van der Waals surface area (Å²) in [6.07, 6.45) is 1.60. The highest BCUT2D eigenvalue weighted by molar-refractivity contribution is 5.98. The third kappa shape index (κ3) is 2.21. The van der Waals surface area contributed by atoms with Gasteiger partial charge < -0.3 is 9.73 Å². The largest absolute Gasteiger partial charge is 0.419 e. The van der Waals surface area contributed by atoms with Gasteiger partial charge in [0.1, 0.15) is 0 Å². The fourth-order valence-electron chi connectivity index (χ4n) is 2.58. The monoisotopic (exact) mass is 260 g/mol. The van der Waals surface area contributed by atoms with E-state index in [-0.39, 0.29) is 5.78 Å². The molecule has 1 unspecified atom stereocenters. The molecule has 0 bridgehead atoms. The van der Waals surface area contributed by atoms with Gasteiger partial charge in [0.2, 0.25) is 0 Å². The molecule has 2 aromatic rings. The van der Waals surface area contributed by atoms with Crippen molar-refractivity contribution in [1.82, 2.24) is 9.88 Å². The number of carbonyl (C=O) groups is 1. The summed E-state index contributed by atoms with van der Waals surface area (Å²) >= 11 is 0. The molecular weight excluding hydrogens is 244 g/mol. The van der Waals surface area contributed by atoms with Crippen molar-refractivity contribution in [3.05, 3.63) is 34.3 Å². The highest BCUT2D eigenvalue weighted by Gasteiger charge is 2.19. The standard InChI is InChI=1S/C14H16N2O3/c1-16-11-3-2-10(7-13(11)19-14(16)18)12(17)6-9-4-5-15-8-9/h2-3,7,9,15H,4-6,8H2,1H3. The normalized spacial score (nSPS) is 19.1. The zero-order valence-corrected chi connectivity index (χ0v) is 10.8. The van der Waals surface area contributed by atoms with Crippen LogP contribution in [-0.2, 0) is 7.05 Å². The van der Waals surface area contributed by atoms with Crippen LogP contribution in [0.1, 0.15) is 23.2 Å². The maximum atomic E-state index is 12.2. The summed E-state index contributed by atoms with van der Waals surface area (Å²) in [4.78, 5) is 23.6. The van der Waals surface area contributed by atoms with Gasteiger partial charge in [0.15, 0.2) is 11.4 Å². The van der Waals surface area contributed by atoms with Crippen molar-refractivity contribution in [2.75, 3.05) is 13.1 Å². The van der Waals surface area contributed by atoms with Crippen molar-refractivity contribution in [2.24, 2.45) is 13.0 Å². The lowest BCUT2D eigenvalue weighted by Crippen LogP contribution is -2.12. The summed E-state index contributed by atoms with van der Waals surface area (Å²) < 4.78 is 6.54. The minimum Gasteiger partial charge on any atom is -0.408 e. The van der Waals surface area contributed by atoms with E-state index in [2.05, 4.69) is 5.32 Å². The average molecular weight is 260 g/mol. The molecule has 0 radical (unpaired) electrons. The summed E-state index contributed by atoms with van der Waals surface area (Å²) in [5.41, 5.74) is 1.81. The van der Waals surface area contributed by atoms with E-state index in [1.807, 2.05) is 0 Å². The highest BCUT2D eigenvalue weighted by Crippen LogP contribution is 2.19. The van der Waals surface area contributed by atoms with Crippen molar-refractivity contribution in [3.8, 4) is 0 Å². The molecule has 0 aliphatic carbocycles. The van der Waals surface area contributed by atoms with Gasteiger partial charge in [0.25, 0.3) is 0 Å². The Balaban J connectivity index is 1.88. The molecule has 0 spiro atoms. The Morgan fingerprint density at radius 1 is 1.53 bits per heavy atom. The van der Waals surface area contributed by atoms with Gasteiger partial charge in [-0.2, -0.15) is 0 Å². The van der Waals surface area contributed by atoms with Crippen LogP contribution in [0.15, 0.2) is 27.4 Å². The Morgan fingerprint density at radius 3 is 3.11 bits per heavy atom. The summed E-state index contributed by atoms with van der Waals surface area (Å²) in [6, 6.07) is 5.20. The molecule has 1 fully saturated rings. The fraction of sp³-hybridized carbons (Fsp3) is 0.429. The van der Waals surface area contributed by atoms with Crippen LogP contribution < -0.4 is 11.1 Å². The minimum absolute atomic E-state index is 0.113. The first kappa shape index (κ1) is 12.2. The van der Waals surface area contributed by atoms with Gasteiger partial charge in [0, 0.05) is 19.0 Å². The maximum Gasteiger partial charge on any atom is 0.419 e. The van der Waals surface area contributed by atoms with E-state index in [1.165, 1.54) is 4.57 Å². The van der Waals surface area contributed by atoms with E-state index >= 15 is 0 Å². The molecule has 2 heterocycles. The van der Waals surface area contributed by atoms with Crippen LogP contribution in [0.2, 0.25) is 0 Å². The molecule has 3 rings (SSSR count). The first-order chi connectivity index (χ1) is 9.15. The van der Waals surface area contributed by atoms with Gasteiger partial charge >= 0.3 is 5.76 Å². The van der Waals surface area contributed by atoms with Crippen LogP contribution >= 0.6 is 0 Å². The second kappa shape index (κ2) is 4.66. The predicted octanol–water partition coefficient (Wildman–Crippen LogP) is 1.31. The van der Waals surface area contributed by atoms with Crippen LogP contribution in [0, 0.1) is 5.92 Å². The van der Waals surface area contributed by atoms with Gasteiger partial charge in [-0.05, 0) is 43.6 Å². The topological polar surface area (TPSA) is 64.2 Å². The number of ketones is 1. The fourth-order valence-corrected chi connectivity index (χ4v) is 2.58. The van der Waals surface area contributed by atoms with Gasteiger partial charge in [-0.25, -0.2) is 4.79 Å². The van der Waals surface area contributed by atoms with Crippen molar-refractivity contribution in [3.63, 3.8) is 0 Å². The van der Waals surface area contributed by atoms with Crippen LogP contribution in [0.4, 0.5) is 0 Å². The number of hydrogen-bond acceptors (Lipinski definition) is 4. The van der Waals surface area contributed by atoms with E-state index in [0.717, 1.165) is 19.5 Å². The van der Waals surface area contributed by atoms with Crippen molar-refractivity contribution < 1.29 is 9.21 Å². The first-order valence-corrected chi connectivity index (χ1v) is 6.48. The van der Waals surface area contributed by atoms with Crippen LogP contribution in [0.25, 0.3) is 11.1 Å². The van der Waals surface area contributed by atoms with Crippen molar-refractivity contribution in [1.29, 1.82) is 0 Å². The number of oxazole rings is 1. The first-order valence-electron chi connectivity index (χ1n) is 6.48. The molecule has 19 heavy (non-hydrogen) atoms. The predicted molar refractivity (Wildman–Crippen MR) is 71.4 cm³/mol. The van der Waals surface area contributed by atoms with E-state index in [4.69, 9.17) is 4.42 Å². The molecule has 0 saturated carbocycles. The number of nitrogens with one attached hydrogen (secondary N) is 1. The summed E-state index contributed by atoms with van der Waals surface area (Å²) in [5.74, 6) is 0.132. The molecule has 1 aliphatic rings. The second-order valence-corrected chi connectivity index (χ2v) is 5.10. The number of carbonyl (C=O) groups excluding carboxylic acids is 1. The summed E-state index contributed by atoms with van der Waals surface area (Å²) in [5, 5.41) is 3.25. The number of hydrogen-bond donors (Lipinski definition) is 1. The number of fused-ring (bicyclic) bond motifs is 1. The Kier molecular flexibility index (Phi) is 2.98. The molecule has 100 valence electrons. The lowest BCUT2D eigenvalue weighted by atomic mass is 9.97. The van der Waals surface area contributed by atoms with Gasteiger partial charge in [-0.3, -0.25) is 9.36 Å². The number of benzene rings is 1. The third-order valence-electron chi connectivity index (χ3n) is 3.75. The molecule has 1 saturated heterocycles. The lowest BCUT2D eigenvalue weighted by molar-refractivity contribution is 0.0964. The summed E-state index contributed by atoms with van der Waals surface area (Å²) in [7, 11) is 1.65. The molecule has 1 aromatic heterocycles. The summed E-state index contributed by atoms with van der Waals surface area (Å²) in [6.45, 7) is 1.90. The molecule has 5 heteroatoms. The smallest absolute Gasteiger partial charge is 0.408 e. The number of rotatable bonds is 3. The van der Waals surface area contributed by atoms with Crippen LogP contribution in [0.3, 0.4) is 0 Å². The SMILES string of the molecule is Cn1c(=O)oc2cc(C(=O)CC3CCNC3)ccc21. The van der Waals surface area contributed by atoms with Gasteiger partial charge in [-0.15, -0.1) is 0 Å². The molecular formula is C14H16N2O3. The maximum absolute atomic E-state index is 12.2. The van der Waals surface area contributed by atoms with Crippen LogP contribution in [-0.4, -0.2) is 23.4 Å². The molecule has 0 amide bonds. The van der Waals surface area contributed by atoms with Crippen molar-refractivity contribution in [2.45, 2.75) is 12.8 Å². The lowest BCUT2D eigenvalue weighted by Gasteiger charge is -2.06. The van der Waals surface area contributed by atoms with Gasteiger partial charge in [0.05, 0.1) is 5.52 Å². The quantitative estimate of drug-likeness (QED) is 0.845. The molecule has 1 N–H and O–H groups in total. The third-order valence-corrected chi connectivity index (χ3v) is 3.75. The van der Waals surface area contributed by atoms with E-state index in [9.17, 15) is 9.59 Å². The molecule has 1 aliphatic heterocycles. The average Bonchev–Trinajstić information content (AvgIpc) is 2.99. The van der Waals surface area contributed by atoms with Crippen LogP contribution in [0.5, 0.6) is 0 Å². The number of Topliss-reactive ketones (excluding diaryl/α,β-unsaturated/α-hetero) is 1. The number of aryl methyl sites for hydroxylation is 1. The number of nitrogens with zero attached hydrogens (tertiary/aromatic N) is 1. The molecule has 1 atom stereocenters. The highest BCUT2D eigenvalue weighted by atomic mass is 16.4. The Bertz CT molecular complexity index is 678. The second-order valence-electron chi connectivity index (χ2n) is 5.10. The minimum atomic E-state index is -0.403. The van der Waals surface area contributed by atoms with Gasteiger partial charge in [-0.1, -0.05) is 0 Å². The zero-order chi connectivity index (χ0) is 13.4. The van der Waals surface area contributed by atoms with E-state index < -0.39 is 5.76 Å². The Labute approximate surface area is 110 Å². The number of aromatic nitrogens is 1. The Hall–Kier alpha value is -1.88. The molecule has 1 aromatic carbocycles. The van der Waals surface area contributed by atoms with E-state index in [0.29, 0.717) is 29.0 Å². The molecule has 5 nitrogen and oxygen atoms in total.